The smallest absolute Gasteiger partial charge is 0.120 e. The topological polar surface area (TPSA) is 9.23 Å². The van der Waals surface area contributed by atoms with Gasteiger partial charge in [-0.2, -0.15) is 0 Å². The lowest BCUT2D eigenvalue weighted by atomic mass is 9.98. The Kier molecular flexibility index (Phi) is 7.08. The molecule has 0 amide bonds. The van der Waals surface area contributed by atoms with Crippen molar-refractivity contribution in [2.24, 2.45) is 5.92 Å². The molecular weight excluding hydrogens is 415 g/mol. The molecular formula is C17H17Br2ClO. The fourth-order valence-electron chi connectivity index (χ4n) is 2.11. The van der Waals surface area contributed by atoms with Crippen LogP contribution in [0, 0.1) is 5.92 Å². The van der Waals surface area contributed by atoms with Gasteiger partial charge in [0.25, 0.3) is 0 Å². The van der Waals surface area contributed by atoms with E-state index in [1.165, 1.54) is 5.56 Å². The SMILES string of the molecule is Clc1ccccc1CC(CBr)CCOc1cccc(Br)c1. The largest absolute Gasteiger partial charge is 0.494 e. The first-order valence-corrected chi connectivity index (χ1v) is 9.16. The Morgan fingerprint density at radius 3 is 2.62 bits per heavy atom. The summed E-state index contributed by atoms with van der Waals surface area (Å²) in [6.45, 7) is 0.706. The maximum atomic E-state index is 6.22. The number of hydrogen-bond acceptors (Lipinski definition) is 1. The molecule has 2 aromatic carbocycles. The summed E-state index contributed by atoms with van der Waals surface area (Å²) in [5.74, 6) is 1.41. The lowest BCUT2D eigenvalue weighted by Crippen LogP contribution is -2.11. The van der Waals surface area contributed by atoms with E-state index < -0.39 is 0 Å². The third-order valence-electron chi connectivity index (χ3n) is 3.28. The third-order valence-corrected chi connectivity index (χ3v) is 5.05. The Labute approximate surface area is 147 Å². The Bertz CT molecular complexity index is 574. The van der Waals surface area contributed by atoms with Gasteiger partial charge in [0, 0.05) is 14.8 Å². The molecule has 0 spiro atoms. The standard InChI is InChI=1S/C17H17Br2ClO/c18-12-13(10-14-4-1-2-7-17(14)20)8-9-21-16-6-3-5-15(19)11-16/h1-7,11,13H,8-10,12H2. The number of halogens is 3. The summed E-state index contributed by atoms with van der Waals surface area (Å²) in [6.07, 6.45) is 1.95. The first-order chi connectivity index (χ1) is 10.2. The molecule has 21 heavy (non-hydrogen) atoms. The Hall–Kier alpha value is -0.510. The van der Waals surface area contributed by atoms with Crippen LogP contribution in [0.2, 0.25) is 5.02 Å². The lowest BCUT2D eigenvalue weighted by molar-refractivity contribution is 0.285. The van der Waals surface area contributed by atoms with E-state index in [-0.39, 0.29) is 0 Å². The van der Waals surface area contributed by atoms with Crippen LogP contribution in [-0.2, 0) is 6.42 Å². The predicted molar refractivity (Wildman–Crippen MR) is 96.7 cm³/mol. The van der Waals surface area contributed by atoms with Crippen LogP contribution in [0.3, 0.4) is 0 Å². The van der Waals surface area contributed by atoms with Crippen molar-refractivity contribution < 1.29 is 4.74 Å². The minimum Gasteiger partial charge on any atom is -0.494 e. The molecule has 0 N–H and O–H groups in total. The van der Waals surface area contributed by atoms with Gasteiger partial charge < -0.3 is 4.74 Å². The second-order valence-electron chi connectivity index (χ2n) is 4.91. The van der Waals surface area contributed by atoms with Gasteiger partial charge in [0.1, 0.15) is 5.75 Å². The fourth-order valence-corrected chi connectivity index (χ4v) is 3.25. The second kappa shape index (κ2) is 8.82. The molecule has 0 aliphatic rings. The van der Waals surface area contributed by atoms with Gasteiger partial charge in [-0.15, -0.1) is 0 Å². The van der Waals surface area contributed by atoms with Crippen LogP contribution in [0.5, 0.6) is 5.75 Å². The molecule has 0 saturated carbocycles. The van der Waals surface area contributed by atoms with Crippen molar-refractivity contribution in [1.82, 2.24) is 0 Å². The van der Waals surface area contributed by atoms with Crippen LogP contribution < -0.4 is 4.74 Å². The van der Waals surface area contributed by atoms with Gasteiger partial charge in [-0.1, -0.05) is 67.7 Å². The summed E-state index contributed by atoms with van der Waals surface area (Å²) in [6, 6.07) is 16.0. The predicted octanol–water partition coefficient (Wildman–Crippen LogP) is 6.13. The third kappa shape index (κ3) is 5.65. The van der Waals surface area contributed by atoms with Crippen LogP contribution in [-0.4, -0.2) is 11.9 Å². The van der Waals surface area contributed by atoms with Crippen LogP contribution >= 0.6 is 43.5 Å². The van der Waals surface area contributed by atoms with Crippen molar-refractivity contribution in [3.05, 3.63) is 63.6 Å². The molecule has 4 heteroatoms. The van der Waals surface area contributed by atoms with Crippen molar-refractivity contribution >= 4 is 43.5 Å². The van der Waals surface area contributed by atoms with Crippen molar-refractivity contribution in [2.45, 2.75) is 12.8 Å². The maximum Gasteiger partial charge on any atom is 0.120 e. The Balaban J connectivity index is 1.84. The summed E-state index contributed by atoms with van der Waals surface area (Å²) in [7, 11) is 0. The molecule has 2 rings (SSSR count). The van der Waals surface area contributed by atoms with Gasteiger partial charge in [0.05, 0.1) is 6.61 Å². The molecule has 1 nitrogen and oxygen atoms in total. The van der Waals surface area contributed by atoms with E-state index in [4.69, 9.17) is 16.3 Å². The van der Waals surface area contributed by atoms with E-state index in [1.54, 1.807) is 0 Å². The fraction of sp³-hybridized carbons (Fsp3) is 0.294. The maximum absolute atomic E-state index is 6.22. The Morgan fingerprint density at radius 2 is 1.90 bits per heavy atom. The highest BCUT2D eigenvalue weighted by molar-refractivity contribution is 9.10. The highest BCUT2D eigenvalue weighted by Crippen LogP contribution is 2.23. The van der Waals surface area contributed by atoms with Crippen LogP contribution in [0.25, 0.3) is 0 Å². The minimum absolute atomic E-state index is 0.511. The molecule has 0 bridgehead atoms. The zero-order chi connectivity index (χ0) is 15.1. The average molecular weight is 433 g/mol. The number of benzene rings is 2. The molecule has 0 aromatic heterocycles. The normalized spacial score (nSPS) is 12.1. The van der Waals surface area contributed by atoms with E-state index in [0.717, 1.165) is 33.4 Å². The summed E-state index contributed by atoms with van der Waals surface area (Å²) in [4.78, 5) is 0. The molecule has 2 aromatic rings. The van der Waals surface area contributed by atoms with Gasteiger partial charge >= 0.3 is 0 Å². The minimum atomic E-state index is 0.511. The Morgan fingerprint density at radius 1 is 1.10 bits per heavy atom. The highest BCUT2D eigenvalue weighted by atomic mass is 79.9. The lowest BCUT2D eigenvalue weighted by Gasteiger charge is -2.15. The van der Waals surface area contributed by atoms with Gasteiger partial charge in [0.2, 0.25) is 0 Å². The molecule has 0 saturated heterocycles. The number of alkyl halides is 1. The van der Waals surface area contributed by atoms with Crippen molar-refractivity contribution in [3.8, 4) is 5.75 Å². The van der Waals surface area contributed by atoms with Crippen molar-refractivity contribution in [2.75, 3.05) is 11.9 Å². The first-order valence-electron chi connectivity index (χ1n) is 6.87. The van der Waals surface area contributed by atoms with Gasteiger partial charge in [0.15, 0.2) is 0 Å². The van der Waals surface area contributed by atoms with Gasteiger partial charge in [-0.3, -0.25) is 0 Å². The van der Waals surface area contributed by atoms with E-state index in [2.05, 4.69) is 37.9 Å². The molecule has 0 fully saturated rings. The van der Waals surface area contributed by atoms with E-state index in [0.29, 0.717) is 12.5 Å². The number of rotatable bonds is 7. The van der Waals surface area contributed by atoms with Gasteiger partial charge in [-0.25, -0.2) is 0 Å². The van der Waals surface area contributed by atoms with E-state index in [9.17, 15) is 0 Å². The summed E-state index contributed by atoms with van der Waals surface area (Å²) in [5.41, 5.74) is 1.20. The highest BCUT2D eigenvalue weighted by Gasteiger charge is 2.11. The average Bonchev–Trinajstić information content (AvgIpc) is 2.48. The summed E-state index contributed by atoms with van der Waals surface area (Å²) >= 11 is 13.3. The molecule has 0 radical (unpaired) electrons. The van der Waals surface area contributed by atoms with Crippen molar-refractivity contribution in [1.29, 1.82) is 0 Å². The zero-order valence-electron chi connectivity index (χ0n) is 11.6. The van der Waals surface area contributed by atoms with Crippen LogP contribution in [0.1, 0.15) is 12.0 Å². The summed E-state index contributed by atoms with van der Waals surface area (Å²) < 4.78 is 6.84. The number of hydrogen-bond donors (Lipinski definition) is 0. The van der Waals surface area contributed by atoms with Crippen LogP contribution in [0.4, 0.5) is 0 Å². The van der Waals surface area contributed by atoms with E-state index >= 15 is 0 Å². The molecule has 0 aliphatic heterocycles. The molecule has 1 atom stereocenters. The van der Waals surface area contributed by atoms with E-state index in [1.807, 2.05) is 42.5 Å². The van der Waals surface area contributed by atoms with Gasteiger partial charge in [-0.05, 0) is 48.6 Å². The summed E-state index contributed by atoms with van der Waals surface area (Å²) in [5, 5.41) is 1.79. The molecule has 112 valence electrons. The molecule has 0 heterocycles. The first kappa shape index (κ1) is 16.9. The monoisotopic (exact) mass is 430 g/mol. The molecule has 0 aliphatic carbocycles. The quantitative estimate of drug-likeness (QED) is 0.479. The van der Waals surface area contributed by atoms with Crippen LogP contribution in [0.15, 0.2) is 53.0 Å². The molecule has 1 unspecified atom stereocenters. The number of ether oxygens (including phenoxy) is 1. The second-order valence-corrected chi connectivity index (χ2v) is 6.88. The zero-order valence-corrected chi connectivity index (χ0v) is 15.5. The van der Waals surface area contributed by atoms with Crippen molar-refractivity contribution in [3.63, 3.8) is 0 Å².